The van der Waals surface area contributed by atoms with Crippen LogP contribution < -0.4 is 14.4 Å². The van der Waals surface area contributed by atoms with Crippen LogP contribution in [0, 0.1) is 11.2 Å². The molecule has 0 spiro atoms. The minimum Gasteiger partial charge on any atom is -0.487 e. The van der Waals surface area contributed by atoms with Gasteiger partial charge in [-0.3, -0.25) is 14.8 Å². The van der Waals surface area contributed by atoms with E-state index in [0.29, 0.717) is 24.6 Å². The first-order valence-corrected chi connectivity index (χ1v) is 20.2. The first-order valence-electron chi connectivity index (χ1n) is 18.7. The van der Waals surface area contributed by atoms with Gasteiger partial charge >= 0.3 is 6.36 Å². The molecule has 3 aliphatic heterocycles. The third-order valence-electron chi connectivity index (χ3n) is 11.8. The molecular formula is C39H53F4N5O4S. The number of hydrogen-bond donors (Lipinski definition) is 0. The van der Waals surface area contributed by atoms with E-state index in [0.717, 1.165) is 70.8 Å². The van der Waals surface area contributed by atoms with E-state index < -0.39 is 38.3 Å². The maximum absolute atomic E-state index is 15.8. The van der Waals surface area contributed by atoms with E-state index in [9.17, 15) is 21.6 Å². The SMILES string of the molecule is CCN1CCC(N2CCN(C3CCN(c4c(S(=O)(=O)c5ccc(OC(C)(C)C(C)(C)C)cc5F)cnc5ccc(OC(F)(F)F)cc45)CC3)CC2)CC1. The summed E-state index contributed by atoms with van der Waals surface area (Å²) in [4.78, 5) is 13.0. The first-order chi connectivity index (χ1) is 24.9. The number of sulfone groups is 1. The third-order valence-corrected chi connectivity index (χ3v) is 13.6. The quantitative estimate of drug-likeness (QED) is 0.208. The van der Waals surface area contributed by atoms with Crippen LogP contribution >= 0.6 is 0 Å². The lowest BCUT2D eigenvalue weighted by molar-refractivity contribution is -0.274. The molecular weight excluding hydrogens is 711 g/mol. The molecule has 3 aliphatic rings. The maximum Gasteiger partial charge on any atom is 0.573 e. The topological polar surface area (TPSA) is 78.5 Å². The number of benzene rings is 2. The number of halogens is 4. The molecule has 292 valence electrons. The average molecular weight is 764 g/mol. The van der Waals surface area contributed by atoms with E-state index in [2.05, 4.69) is 31.3 Å². The van der Waals surface area contributed by atoms with Crippen LogP contribution in [0.1, 0.15) is 67.2 Å². The second-order valence-corrected chi connectivity index (χ2v) is 18.0. The van der Waals surface area contributed by atoms with Crippen molar-refractivity contribution in [3.8, 4) is 11.5 Å². The number of ether oxygens (including phenoxy) is 2. The molecule has 14 heteroatoms. The number of likely N-dealkylation sites (tertiary alicyclic amines) is 1. The molecule has 0 aliphatic carbocycles. The summed E-state index contributed by atoms with van der Waals surface area (Å²) in [6, 6.07) is 8.26. The lowest BCUT2D eigenvalue weighted by Gasteiger charge is -2.46. The summed E-state index contributed by atoms with van der Waals surface area (Å²) in [5.41, 5.74) is -0.511. The van der Waals surface area contributed by atoms with Gasteiger partial charge in [-0.25, -0.2) is 12.8 Å². The predicted molar refractivity (Wildman–Crippen MR) is 198 cm³/mol. The maximum atomic E-state index is 15.8. The van der Waals surface area contributed by atoms with Crippen molar-refractivity contribution in [3.05, 3.63) is 48.4 Å². The zero-order valence-electron chi connectivity index (χ0n) is 31.7. The molecule has 3 fully saturated rings. The van der Waals surface area contributed by atoms with Crippen LogP contribution in [0.15, 0.2) is 52.4 Å². The number of hydrogen-bond acceptors (Lipinski definition) is 9. The van der Waals surface area contributed by atoms with Crippen LogP contribution in [-0.2, 0) is 9.84 Å². The number of pyridine rings is 1. The molecule has 53 heavy (non-hydrogen) atoms. The lowest BCUT2D eigenvalue weighted by Crippen LogP contribution is -2.56. The van der Waals surface area contributed by atoms with Gasteiger partial charge in [-0.2, -0.15) is 0 Å². The fourth-order valence-electron chi connectivity index (χ4n) is 7.71. The van der Waals surface area contributed by atoms with Crippen LogP contribution in [0.4, 0.5) is 23.2 Å². The van der Waals surface area contributed by atoms with Gasteiger partial charge in [-0.15, -0.1) is 13.2 Å². The summed E-state index contributed by atoms with van der Waals surface area (Å²) in [6.45, 7) is 20.2. The van der Waals surface area contributed by atoms with E-state index >= 15 is 4.39 Å². The summed E-state index contributed by atoms with van der Waals surface area (Å²) >= 11 is 0. The molecule has 0 bridgehead atoms. The Bertz CT molecular complexity index is 1860. The van der Waals surface area contributed by atoms with Crippen LogP contribution in [0.3, 0.4) is 0 Å². The molecule has 4 heterocycles. The van der Waals surface area contributed by atoms with Crippen molar-refractivity contribution in [3.63, 3.8) is 0 Å². The number of piperazine rings is 1. The van der Waals surface area contributed by atoms with Crippen molar-refractivity contribution in [2.45, 2.75) is 101 Å². The summed E-state index contributed by atoms with van der Waals surface area (Å²) in [5, 5.41) is 0.182. The fraction of sp³-hybridized carbons (Fsp3) is 0.615. The molecule has 0 saturated carbocycles. The van der Waals surface area contributed by atoms with Gasteiger partial charge in [-0.05, 0) is 89.5 Å². The van der Waals surface area contributed by atoms with Crippen molar-refractivity contribution < 1.29 is 35.5 Å². The number of alkyl halides is 3. The molecule has 0 atom stereocenters. The van der Waals surface area contributed by atoms with E-state index in [-0.39, 0.29) is 33.2 Å². The molecule has 0 amide bonds. The first kappa shape index (κ1) is 39.5. The molecule has 2 aromatic carbocycles. The summed E-state index contributed by atoms with van der Waals surface area (Å²) < 4.78 is 94.8. The highest BCUT2D eigenvalue weighted by Gasteiger charge is 2.37. The van der Waals surface area contributed by atoms with Gasteiger partial charge < -0.3 is 19.3 Å². The highest BCUT2D eigenvalue weighted by atomic mass is 32.2. The largest absolute Gasteiger partial charge is 0.573 e. The molecule has 0 radical (unpaired) electrons. The van der Waals surface area contributed by atoms with Crippen LogP contribution in [0.5, 0.6) is 11.5 Å². The number of fused-ring (bicyclic) bond motifs is 1. The van der Waals surface area contributed by atoms with E-state index in [1.165, 1.54) is 43.3 Å². The molecule has 6 rings (SSSR count). The molecule has 0 unspecified atom stereocenters. The standard InChI is InChI=1S/C39H53F4N5O4S/c1-7-45-16-12-27(13-17-45)46-20-22-47(23-21-46)28-14-18-48(19-15-28)36-31-24-29(52-39(41,42)43)8-10-33(31)44-26-35(36)53(49,50)34-11-9-30(25-32(34)40)51-38(5,6)37(2,3)4/h8-11,24-28H,7,12-23H2,1-6H3. The Morgan fingerprint density at radius 3 is 1.83 bits per heavy atom. The van der Waals surface area contributed by atoms with Crippen LogP contribution in [0.2, 0.25) is 0 Å². The van der Waals surface area contributed by atoms with Crippen molar-refractivity contribution in [1.29, 1.82) is 0 Å². The van der Waals surface area contributed by atoms with E-state index in [1.807, 2.05) is 39.5 Å². The van der Waals surface area contributed by atoms with Gasteiger partial charge in [0.25, 0.3) is 0 Å². The normalized spacial score (nSPS) is 19.9. The summed E-state index contributed by atoms with van der Waals surface area (Å²) in [5.74, 6) is -1.32. The lowest BCUT2D eigenvalue weighted by atomic mass is 9.79. The Hall–Kier alpha value is -3.20. The zero-order valence-corrected chi connectivity index (χ0v) is 32.5. The summed E-state index contributed by atoms with van der Waals surface area (Å²) in [7, 11) is -4.55. The Balaban J connectivity index is 1.26. The molecule has 9 nitrogen and oxygen atoms in total. The number of rotatable bonds is 9. The second kappa shape index (κ2) is 15.1. The van der Waals surface area contributed by atoms with Gasteiger partial charge in [0, 0.05) is 74.4 Å². The monoisotopic (exact) mass is 763 g/mol. The minimum absolute atomic E-state index is 0.178. The van der Waals surface area contributed by atoms with Gasteiger partial charge in [0.15, 0.2) is 0 Å². The van der Waals surface area contributed by atoms with Crippen molar-refractivity contribution in [2.75, 3.05) is 63.8 Å². The second-order valence-electron chi connectivity index (χ2n) is 16.1. The fourth-order valence-corrected chi connectivity index (χ4v) is 9.20. The van der Waals surface area contributed by atoms with Crippen LogP contribution in [-0.4, -0.2) is 111 Å². The molecule has 0 N–H and O–H groups in total. The van der Waals surface area contributed by atoms with Crippen LogP contribution in [0.25, 0.3) is 10.9 Å². The van der Waals surface area contributed by atoms with E-state index in [4.69, 9.17) is 4.74 Å². The Morgan fingerprint density at radius 1 is 0.755 bits per heavy atom. The predicted octanol–water partition coefficient (Wildman–Crippen LogP) is 7.38. The Kier molecular flexibility index (Phi) is 11.3. The van der Waals surface area contributed by atoms with Gasteiger partial charge in [-0.1, -0.05) is 27.7 Å². The van der Waals surface area contributed by atoms with Gasteiger partial charge in [0.2, 0.25) is 9.84 Å². The molecule has 3 aromatic rings. The smallest absolute Gasteiger partial charge is 0.487 e. The molecule has 3 saturated heterocycles. The number of nitrogens with zero attached hydrogens (tertiary/aromatic N) is 5. The number of anilines is 1. The van der Waals surface area contributed by atoms with Crippen molar-refractivity contribution in [2.24, 2.45) is 5.41 Å². The Labute approximate surface area is 311 Å². The zero-order chi connectivity index (χ0) is 38.3. The number of piperidine rings is 2. The Morgan fingerprint density at radius 2 is 1.30 bits per heavy atom. The summed E-state index contributed by atoms with van der Waals surface area (Å²) in [6.07, 6.45) is 0.102. The number of aromatic nitrogens is 1. The van der Waals surface area contributed by atoms with E-state index in [1.54, 1.807) is 0 Å². The third kappa shape index (κ3) is 8.71. The highest BCUT2D eigenvalue weighted by molar-refractivity contribution is 7.91. The molecule has 1 aromatic heterocycles. The van der Waals surface area contributed by atoms with Gasteiger partial charge in [0.05, 0.1) is 11.2 Å². The minimum atomic E-state index is -4.95. The highest BCUT2D eigenvalue weighted by Crippen LogP contribution is 2.41. The van der Waals surface area contributed by atoms with Gasteiger partial charge in [0.1, 0.15) is 32.7 Å². The van der Waals surface area contributed by atoms with Crippen molar-refractivity contribution in [1.82, 2.24) is 19.7 Å². The van der Waals surface area contributed by atoms with Crippen molar-refractivity contribution >= 4 is 26.4 Å². The average Bonchev–Trinajstić information content (AvgIpc) is 3.10.